The van der Waals surface area contributed by atoms with E-state index >= 15 is 0 Å². The highest BCUT2D eigenvalue weighted by atomic mass is 32.2. The molecule has 142 valence electrons. The molecular weight excluding hydrogens is 368 g/mol. The number of hydrogen-bond acceptors (Lipinski definition) is 6. The fourth-order valence-corrected chi connectivity index (χ4v) is 3.64. The highest BCUT2D eigenvalue weighted by molar-refractivity contribution is 7.89. The summed E-state index contributed by atoms with van der Waals surface area (Å²) in [5, 5.41) is 5.20. The lowest BCUT2D eigenvalue weighted by atomic mass is 10.1. The zero-order valence-corrected chi connectivity index (χ0v) is 15.9. The second-order valence-corrected chi connectivity index (χ2v) is 8.01. The molecule has 9 heteroatoms. The van der Waals surface area contributed by atoms with E-state index in [0.717, 1.165) is 16.5 Å². The number of pyridine rings is 1. The monoisotopic (exact) mass is 388 g/mol. The Labute approximate surface area is 157 Å². The standard InChI is InChI=1S/C18H20N4O4S/c1-22-17-9-13(3-4-14(17)11-20-22)7-8-27(24,25)21-12-16-6-5-15(10-19-16)18(23)26-2/h3-6,9-11,21H,7-8,12H2,1-2H3. The minimum absolute atomic E-state index is 0.0311. The van der Waals surface area contributed by atoms with Crippen molar-refractivity contribution < 1.29 is 17.9 Å². The summed E-state index contributed by atoms with van der Waals surface area (Å²) in [5.74, 6) is -0.517. The highest BCUT2D eigenvalue weighted by Gasteiger charge is 2.12. The number of nitrogens with one attached hydrogen (secondary N) is 1. The van der Waals surface area contributed by atoms with E-state index in [1.165, 1.54) is 13.3 Å². The summed E-state index contributed by atoms with van der Waals surface area (Å²) in [6, 6.07) is 8.93. The van der Waals surface area contributed by atoms with Crippen LogP contribution in [0.15, 0.2) is 42.7 Å². The second kappa shape index (κ2) is 7.85. The minimum atomic E-state index is -3.46. The van der Waals surface area contributed by atoms with Crippen molar-refractivity contribution in [3.8, 4) is 0 Å². The zero-order valence-electron chi connectivity index (χ0n) is 15.0. The first-order chi connectivity index (χ1) is 12.9. The van der Waals surface area contributed by atoms with Crippen molar-refractivity contribution in [2.75, 3.05) is 12.9 Å². The van der Waals surface area contributed by atoms with Crippen molar-refractivity contribution in [1.82, 2.24) is 19.5 Å². The molecule has 0 saturated heterocycles. The molecule has 0 unspecified atom stereocenters. The number of sulfonamides is 1. The van der Waals surface area contributed by atoms with E-state index < -0.39 is 16.0 Å². The zero-order chi connectivity index (χ0) is 19.4. The van der Waals surface area contributed by atoms with Crippen LogP contribution in [0.2, 0.25) is 0 Å². The molecule has 0 amide bonds. The maximum Gasteiger partial charge on any atom is 0.339 e. The Balaban J connectivity index is 1.58. The van der Waals surface area contributed by atoms with Gasteiger partial charge in [-0.1, -0.05) is 12.1 Å². The number of hydrogen-bond donors (Lipinski definition) is 1. The summed E-state index contributed by atoms with van der Waals surface area (Å²) in [7, 11) is -0.325. The summed E-state index contributed by atoms with van der Waals surface area (Å²) in [4.78, 5) is 15.4. The van der Waals surface area contributed by atoms with E-state index in [-0.39, 0.29) is 12.3 Å². The first-order valence-corrected chi connectivity index (χ1v) is 9.94. The molecule has 0 spiro atoms. The molecule has 0 atom stereocenters. The largest absolute Gasteiger partial charge is 0.465 e. The lowest BCUT2D eigenvalue weighted by Crippen LogP contribution is -2.27. The lowest BCUT2D eigenvalue weighted by Gasteiger charge is -2.07. The molecule has 27 heavy (non-hydrogen) atoms. The normalized spacial score (nSPS) is 11.6. The number of ether oxygens (including phenoxy) is 1. The molecule has 0 radical (unpaired) electrons. The smallest absolute Gasteiger partial charge is 0.339 e. The summed E-state index contributed by atoms with van der Waals surface area (Å²) in [5.41, 5.74) is 2.72. The van der Waals surface area contributed by atoms with E-state index in [2.05, 4.69) is 19.5 Å². The Bertz CT molecular complexity index is 1060. The van der Waals surface area contributed by atoms with Crippen LogP contribution in [0.3, 0.4) is 0 Å². The van der Waals surface area contributed by atoms with E-state index in [4.69, 9.17) is 0 Å². The van der Waals surface area contributed by atoms with Gasteiger partial charge in [-0.05, 0) is 30.2 Å². The van der Waals surface area contributed by atoms with E-state index in [0.29, 0.717) is 17.7 Å². The van der Waals surface area contributed by atoms with Crippen LogP contribution in [-0.2, 0) is 34.8 Å². The third kappa shape index (κ3) is 4.69. The summed E-state index contributed by atoms with van der Waals surface area (Å²) in [6.07, 6.45) is 3.53. The number of rotatable bonds is 7. The molecule has 0 fully saturated rings. The van der Waals surface area contributed by atoms with Crippen molar-refractivity contribution in [3.63, 3.8) is 0 Å². The van der Waals surface area contributed by atoms with Crippen LogP contribution in [0.25, 0.3) is 10.9 Å². The molecule has 2 heterocycles. The van der Waals surface area contributed by atoms with E-state index in [1.54, 1.807) is 23.0 Å². The number of fused-ring (bicyclic) bond motifs is 1. The number of carbonyl (C=O) groups excluding carboxylic acids is 1. The molecule has 0 saturated carbocycles. The van der Waals surface area contributed by atoms with Gasteiger partial charge in [0.15, 0.2) is 0 Å². The van der Waals surface area contributed by atoms with Gasteiger partial charge in [0.2, 0.25) is 10.0 Å². The van der Waals surface area contributed by atoms with Crippen LogP contribution in [0.4, 0.5) is 0 Å². The van der Waals surface area contributed by atoms with Crippen LogP contribution >= 0.6 is 0 Å². The molecule has 1 N–H and O–H groups in total. The summed E-state index contributed by atoms with van der Waals surface area (Å²) in [6.45, 7) is 0.0601. The van der Waals surface area contributed by atoms with Gasteiger partial charge in [0.1, 0.15) is 0 Å². The molecular formula is C18H20N4O4S. The maximum absolute atomic E-state index is 12.2. The Kier molecular flexibility index (Phi) is 5.52. The average Bonchev–Trinajstić information content (AvgIpc) is 3.05. The van der Waals surface area contributed by atoms with Gasteiger partial charge in [0.25, 0.3) is 0 Å². The summed E-state index contributed by atoms with van der Waals surface area (Å²) >= 11 is 0. The van der Waals surface area contributed by atoms with Crippen molar-refractivity contribution in [3.05, 3.63) is 59.5 Å². The molecule has 8 nitrogen and oxygen atoms in total. The maximum atomic E-state index is 12.2. The molecule has 2 aromatic heterocycles. The van der Waals surface area contributed by atoms with Gasteiger partial charge in [0, 0.05) is 18.6 Å². The topological polar surface area (TPSA) is 103 Å². The Morgan fingerprint density at radius 3 is 2.74 bits per heavy atom. The number of aryl methyl sites for hydroxylation is 2. The van der Waals surface area contributed by atoms with Crippen LogP contribution in [0.5, 0.6) is 0 Å². The second-order valence-electron chi connectivity index (χ2n) is 6.08. The predicted molar refractivity (Wildman–Crippen MR) is 101 cm³/mol. The molecule has 0 aliphatic heterocycles. The molecule has 3 rings (SSSR count). The van der Waals surface area contributed by atoms with Gasteiger partial charge in [-0.2, -0.15) is 5.10 Å². The minimum Gasteiger partial charge on any atom is -0.465 e. The number of esters is 1. The molecule has 0 aliphatic carbocycles. The molecule has 3 aromatic rings. The number of aromatic nitrogens is 3. The molecule has 1 aromatic carbocycles. The van der Waals surface area contributed by atoms with Crippen molar-refractivity contribution in [2.24, 2.45) is 7.05 Å². The van der Waals surface area contributed by atoms with Crippen LogP contribution in [-0.4, -0.2) is 42.0 Å². The number of nitrogens with zero attached hydrogens (tertiary/aromatic N) is 3. The fourth-order valence-electron chi connectivity index (χ4n) is 2.62. The van der Waals surface area contributed by atoms with Gasteiger partial charge in [-0.25, -0.2) is 17.9 Å². The quantitative estimate of drug-likeness (QED) is 0.614. The van der Waals surface area contributed by atoms with Gasteiger partial charge in [0.05, 0.1) is 42.4 Å². The average molecular weight is 388 g/mol. The Morgan fingerprint density at radius 2 is 2.04 bits per heavy atom. The van der Waals surface area contributed by atoms with Crippen molar-refractivity contribution in [1.29, 1.82) is 0 Å². The van der Waals surface area contributed by atoms with Crippen LogP contribution in [0.1, 0.15) is 21.6 Å². The lowest BCUT2D eigenvalue weighted by molar-refractivity contribution is 0.0600. The SMILES string of the molecule is COC(=O)c1ccc(CNS(=O)(=O)CCc2ccc3cnn(C)c3c2)nc1. The van der Waals surface area contributed by atoms with Gasteiger partial charge in [-0.15, -0.1) is 0 Å². The van der Waals surface area contributed by atoms with Crippen molar-refractivity contribution in [2.45, 2.75) is 13.0 Å². The van der Waals surface area contributed by atoms with Crippen molar-refractivity contribution >= 4 is 26.9 Å². The highest BCUT2D eigenvalue weighted by Crippen LogP contribution is 2.15. The van der Waals surface area contributed by atoms with Crippen LogP contribution in [0, 0.1) is 0 Å². The third-order valence-electron chi connectivity index (χ3n) is 4.19. The number of benzene rings is 1. The number of carbonyl (C=O) groups is 1. The van der Waals surface area contributed by atoms with Gasteiger partial charge < -0.3 is 4.74 Å². The molecule has 0 aliphatic rings. The van der Waals surface area contributed by atoms with Crippen LogP contribution < -0.4 is 4.72 Å². The van der Waals surface area contributed by atoms with E-state index in [9.17, 15) is 13.2 Å². The van der Waals surface area contributed by atoms with Gasteiger partial charge in [-0.3, -0.25) is 9.67 Å². The Morgan fingerprint density at radius 1 is 1.22 bits per heavy atom. The summed E-state index contributed by atoms with van der Waals surface area (Å²) < 4.78 is 33.4. The fraction of sp³-hybridized carbons (Fsp3) is 0.278. The number of methoxy groups -OCH3 is 1. The molecule has 0 bridgehead atoms. The Hall–Kier alpha value is -2.78. The van der Waals surface area contributed by atoms with Gasteiger partial charge >= 0.3 is 5.97 Å². The third-order valence-corrected chi connectivity index (χ3v) is 5.52. The first kappa shape index (κ1) is 19.0. The van der Waals surface area contributed by atoms with E-state index in [1.807, 2.05) is 25.2 Å². The predicted octanol–water partition coefficient (Wildman–Crippen LogP) is 1.42. The first-order valence-electron chi connectivity index (χ1n) is 8.29.